The van der Waals surface area contributed by atoms with Crippen molar-refractivity contribution in [1.29, 1.82) is 0 Å². The van der Waals surface area contributed by atoms with Crippen molar-refractivity contribution in [3.05, 3.63) is 87.8 Å². The van der Waals surface area contributed by atoms with Gasteiger partial charge in [0.25, 0.3) is 5.56 Å². The maximum Gasteiger partial charge on any atom is 0.264 e. The van der Waals surface area contributed by atoms with Gasteiger partial charge in [0.1, 0.15) is 11.5 Å². The first-order chi connectivity index (χ1) is 10.7. The molecule has 0 aliphatic carbocycles. The van der Waals surface area contributed by atoms with E-state index in [4.69, 9.17) is 4.74 Å². The number of aryl methyl sites for hydroxylation is 1. The van der Waals surface area contributed by atoms with Crippen LogP contribution in [0.1, 0.15) is 16.8 Å². The number of H-pyrrole nitrogens is 1. The van der Waals surface area contributed by atoms with Gasteiger partial charge in [-0.3, -0.25) is 4.79 Å². The van der Waals surface area contributed by atoms with E-state index in [1.54, 1.807) is 6.07 Å². The highest BCUT2D eigenvalue weighted by Gasteiger charge is 2.05. The summed E-state index contributed by atoms with van der Waals surface area (Å²) in [4.78, 5) is 11.0. The van der Waals surface area contributed by atoms with E-state index in [0.717, 1.165) is 28.3 Å². The summed E-state index contributed by atoms with van der Waals surface area (Å²) in [6.07, 6.45) is 0.641. The zero-order valence-electron chi connectivity index (χ0n) is 12.2. The number of benzene rings is 2. The molecule has 1 heterocycles. The Bertz CT molecular complexity index is 805. The lowest BCUT2D eigenvalue weighted by molar-refractivity contribution is 0.478. The van der Waals surface area contributed by atoms with E-state index in [2.05, 4.69) is 10.2 Å². The fourth-order valence-corrected chi connectivity index (χ4v) is 2.16. The zero-order valence-corrected chi connectivity index (χ0v) is 12.2. The molecular formula is C18H16N2O2. The normalized spacial score (nSPS) is 10.4. The third-order valence-corrected chi connectivity index (χ3v) is 3.35. The first-order valence-electron chi connectivity index (χ1n) is 7.08. The van der Waals surface area contributed by atoms with E-state index < -0.39 is 0 Å². The standard InChI is InChI=1S/C18H16N2O2/c1-13-7-8-14(11-15-9-10-18(21)20-19-15)12-17(13)22-16-5-3-2-4-6-16/h2-10,12H,11H2,1H3,(H,20,21). The molecule has 0 radical (unpaired) electrons. The van der Waals surface area contributed by atoms with Crippen molar-refractivity contribution < 1.29 is 4.74 Å². The van der Waals surface area contributed by atoms with Crippen molar-refractivity contribution in [2.75, 3.05) is 0 Å². The van der Waals surface area contributed by atoms with Gasteiger partial charge in [-0.05, 0) is 42.3 Å². The Labute approximate surface area is 128 Å². The second kappa shape index (κ2) is 6.26. The summed E-state index contributed by atoms with van der Waals surface area (Å²) < 4.78 is 5.93. The lowest BCUT2D eigenvalue weighted by Gasteiger charge is -2.10. The smallest absolute Gasteiger partial charge is 0.264 e. The number of hydrogen-bond acceptors (Lipinski definition) is 3. The molecule has 1 N–H and O–H groups in total. The average Bonchev–Trinajstić information content (AvgIpc) is 2.54. The SMILES string of the molecule is Cc1ccc(Cc2ccc(=O)[nH]n2)cc1Oc1ccccc1. The first-order valence-corrected chi connectivity index (χ1v) is 7.08. The summed E-state index contributed by atoms with van der Waals surface area (Å²) in [6.45, 7) is 2.01. The summed E-state index contributed by atoms with van der Waals surface area (Å²) in [7, 11) is 0. The van der Waals surface area contributed by atoms with E-state index >= 15 is 0 Å². The number of rotatable bonds is 4. The molecule has 110 valence electrons. The van der Waals surface area contributed by atoms with Gasteiger partial charge in [0.05, 0.1) is 5.69 Å². The highest BCUT2D eigenvalue weighted by Crippen LogP contribution is 2.26. The van der Waals surface area contributed by atoms with E-state index in [9.17, 15) is 4.79 Å². The molecule has 0 aliphatic rings. The van der Waals surface area contributed by atoms with Crippen molar-refractivity contribution in [3.8, 4) is 11.5 Å². The number of hydrogen-bond donors (Lipinski definition) is 1. The van der Waals surface area contributed by atoms with E-state index in [1.807, 2.05) is 55.5 Å². The number of ether oxygens (including phenoxy) is 1. The van der Waals surface area contributed by atoms with Gasteiger partial charge in [0.15, 0.2) is 0 Å². The van der Waals surface area contributed by atoms with Crippen molar-refractivity contribution >= 4 is 0 Å². The Hall–Kier alpha value is -2.88. The molecule has 22 heavy (non-hydrogen) atoms. The van der Waals surface area contributed by atoms with Crippen LogP contribution in [0.25, 0.3) is 0 Å². The van der Waals surface area contributed by atoms with Crippen molar-refractivity contribution in [2.45, 2.75) is 13.3 Å². The summed E-state index contributed by atoms with van der Waals surface area (Å²) in [5.74, 6) is 1.64. The minimum absolute atomic E-state index is 0.194. The summed E-state index contributed by atoms with van der Waals surface area (Å²) in [5.41, 5.74) is 2.77. The first kappa shape index (κ1) is 14.1. The molecule has 0 atom stereocenters. The lowest BCUT2D eigenvalue weighted by Crippen LogP contribution is -2.07. The third-order valence-electron chi connectivity index (χ3n) is 3.35. The minimum atomic E-state index is -0.194. The van der Waals surface area contributed by atoms with Crippen LogP contribution < -0.4 is 10.3 Å². The molecule has 3 rings (SSSR count). The van der Waals surface area contributed by atoms with Gasteiger partial charge in [-0.15, -0.1) is 0 Å². The van der Waals surface area contributed by atoms with Gasteiger partial charge in [0.2, 0.25) is 0 Å². The Kier molecular flexibility index (Phi) is 4.01. The van der Waals surface area contributed by atoms with Crippen molar-refractivity contribution in [1.82, 2.24) is 10.2 Å². The molecule has 0 bridgehead atoms. The van der Waals surface area contributed by atoms with Crippen LogP contribution >= 0.6 is 0 Å². The number of nitrogens with one attached hydrogen (secondary N) is 1. The van der Waals surface area contributed by atoms with Gasteiger partial charge in [-0.1, -0.05) is 30.3 Å². The lowest BCUT2D eigenvalue weighted by atomic mass is 10.1. The number of aromatic nitrogens is 2. The highest BCUT2D eigenvalue weighted by atomic mass is 16.5. The zero-order chi connectivity index (χ0) is 15.4. The Morgan fingerprint density at radius 2 is 1.86 bits per heavy atom. The summed E-state index contributed by atoms with van der Waals surface area (Å²) >= 11 is 0. The van der Waals surface area contributed by atoms with Crippen LogP contribution in [0.4, 0.5) is 0 Å². The van der Waals surface area contributed by atoms with Crippen LogP contribution in [0.3, 0.4) is 0 Å². The number of aromatic amines is 1. The van der Waals surface area contributed by atoms with Gasteiger partial charge in [0, 0.05) is 12.5 Å². The van der Waals surface area contributed by atoms with Crippen LogP contribution in [0.15, 0.2) is 65.5 Å². The van der Waals surface area contributed by atoms with Crippen LogP contribution in [0.5, 0.6) is 11.5 Å². The molecule has 0 saturated heterocycles. The monoisotopic (exact) mass is 292 g/mol. The van der Waals surface area contributed by atoms with Crippen LogP contribution in [-0.4, -0.2) is 10.2 Å². The second-order valence-electron chi connectivity index (χ2n) is 5.10. The predicted molar refractivity (Wildman–Crippen MR) is 85.4 cm³/mol. The van der Waals surface area contributed by atoms with Crippen LogP contribution in [-0.2, 0) is 6.42 Å². The molecule has 0 amide bonds. The Morgan fingerprint density at radius 1 is 1.05 bits per heavy atom. The number of para-hydroxylation sites is 1. The molecule has 0 fully saturated rings. The van der Waals surface area contributed by atoms with Gasteiger partial charge >= 0.3 is 0 Å². The average molecular weight is 292 g/mol. The molecule has 0 spiro atoms. The van der Waals surface area contributed by atoms with Crippen LogP contribution in [0.2, 0.25) is 0 Å². The quantitative estimate of drug-likeness (QED) is 0.801. The fraction of sp³-hybridized carbons (Fsp3) is 0.111. The minimum Gasteiger partial charge on any atom is -0.457 e. The predicted octanol–water partition coefficient (Wildman–Crippen LogP) is 3.46. The topological polar surface area (TPSA) is 55.0 Å². The molecule has 0 aliphatic heterocycles. The van der Waals surface area contributed by atoms with Crippen LogP contribution in [0, 0.1) is 6.92 Å². The van der Waals surface area contributed by atoms with E-state index in [0.29, 0.717) is 6.42 Å². The highest BCUT2D eigenvalue weighted by molar-refractivity contribution is 5.41. The molecule has 0 saturated carbocycles. The van der Waals surface area contributed by atoms with E-state index in [-0.39, 0.29) is 5.56 Å². The maximum absolute atomic E-state index is 11.0. The van der Waals surface area contributed by atoms with Gasteiger partial charge in [-0.25, -0.2) is 5.10 Å². The molecule has 2 aromatic carbocycles. The fourth-order valence-electron chi connectivity index (χ4n) is 2.16. The molecule has 4 nitrogen and oxygen atoms in total. The second-order valence-corrected chi connectivity index (χ2v) is 5.10. The largest absolute Gasteiger partial charge is 0.457 e. The third kappa shape index (κ3) is 3.41. The van der Waals surface area contributed by atoms with Gasteiger partial charge in [-0.2, -0.15) is 5.10 Å². The van der Waals surface area contributed by atoms with Crippen molar-refractivity contribution in [3.63, 3.8) is 0 Å². The molecule has 0 unspecified atom stereocenters. The Morgan fingerprint density at radius 3 is 2.59 bits per heavy atom. The molecule has 1 aromatic heterocycles. The maximum atomic E-state index is 11.0. The molecule has 3 aromatic rings. The Balaban J connectivity index is 1.83. The summed E-state index contributed by atoms with van der Waals surface area (Å²) in [5, 5.41) is 6.48. The number of nitrogens with zero attached hydrogens (tertiary/aromatic N) is 1. The molecular weight excluding hydrogens is 276 g/mol. The van der Waals surface area contributed by atoms with Gasteiger partial charge < -0.3 is 4.74 Å². The summed E-state index contributed by atoms with van der Waals surface area (Å²) in [6, 6.07) is 19.0. The van der Waals surface area contributed by atoms with E-state index in [1.165, 1.54) is 6.07 Å². The van der Waals surface area contributed by atoms with Crippen molar-refractivity contribution in [2.24, 2.45) is 0 Å². The molecule has 4 heteroatoms.